The van der Waals surface area contributed by atoms with Crippen molar-refractivity contribution in [1.29, 1.82) is 0 Å². The summed E-state index contributed by atoms with van der Waals surface area (Å²) in [4.78, 5) is 1.79. The zero-order valence-corrected chi connectivity index (χ0v) is 15.2. The van der Waals surface area contributed by atoms with E-state index in [0.29, 0.717) is 0 Å². The van der Waals surface area contributed by atoms with Gasteiger partial charge >= 0.3 is 12.2 Å². The summed E-state index contributed by atoms with van der Waals surface area (Å²) in [6.07, 6.45) is -11.5. The van der Waals surface area contributed by atoms with Crippen LogP contribution in [-0.4, -0.2) is 100 Å². The first-order valence-electron chi connectivity index (χ1n) is 8.84. The van der Waals surface area contributed by atoms with Crippen LogP contribution in [0.25, 0.3) is 0 Å². The summed E-state index contributed by atoms with van der Waals surface area (Å²) in [6, 6.07) is 0. The number of ether oxygens (including phenoxy) is 4. The predicted octanol–water partition coefficient (Wildman–Crippen LogP) is 2.02. The standard InChI is InChI=1S/C16H24F6N2O4/c17-13(23-3-9-25-10-4-23)15(19,20)27-7-1-2-8-28-16(21,22)14(18)24-5-11-26-12-6-24/h1-2,13-14H,3-12H2/b2-1-. The van der Waals surface area contributed by atoms with Gasteiger partial charge in [-0.1, -0.05) is 12.2 Å². The van der Waals surface area contributed by atoms with Crippen molar-refractivity contribution < 1.29 is 45.3 Å². The van der Waals surface area contributed by atoms with Crippen LogP contribution in [0.15, 0.2) is 12.2 Å². The van der Waals surface area contributed by atoms with E-state index < -0.39 is 38.0 Å². The van der Waals surface area contributed by atoms with Crippen molar-refractivity contribution >= 4 is 0 Å². The molecule has 2 atom stereocenters. The Morgan fingerprint density at radius 3 is 1.36 bits per heavy atom. The lowest BCUT2D eigenvalue weighted by atomic mass is 10.4. The molecule has 0 aromatic carbocycles. The first kappa shape index (κ1) is 23.4. The number of morpholine rings is 2. The molecule has 12 heteroatoms. The van der Waals surface area contributed by atoms with Crippen LogP contribution in [0.1, 0.15) is 0 Å². The lowest BCUT2D eigenvalue weighted by Gasteiger charge is -2.33. The average molecular weight is 422 g/mol. The Kier molecular flexibility index (Phi) is 8.96. The summed E-state index contributed by atoms with van der Waals surface area (Å²) in [5.74, 6) is 0. The first-order valence-corrected chi connectivity index (χ1v) is 8.84. The predicted molar refractivity (Wildman–Crippen MR) is 85.5 cm³/mol. The molecule has 28 heavy (non-hydrogen) atoms. The minimum Gasteiger partial charge on any atom is -0.379 e. The van der Waals surface area contributed by atoms with Crippen molar-refractivity contribution in [3.05, 3.63) is 12.2 Å². The second-order valence-corrected chi connectivity index (χ2v) is 6.19. The molecular weight excluding hydrogens is 398 g/mol. The minimum atomic E-state index is -4.08. The first-order chi connectivity index (χ1) is 13.2. The molecule has 164 valence electrons. The summed E-state index contributed by atoms with van der Waals surface area (Å²) >= 11 is 0. The van der Waals surface area contributed by atoms with Crippen LogP contribution in [0.2, 0.25) is 0 Å². The fourth-order valence-corrected chi connectivity index (χ4v) is 2.63. The van der Waals surface area contributed by atoms with Gasteiger partial charge in [0.15, 0.2) is 0 Å². The van der Waals surface area contributed by atoms with Gasteiger partial charge < -0.3 is 18.9 Å². The normalized spacial score (nSPS) is 23.2. The van der Waals surface area contributed by atoms with E-state index in [-0.39, 0.29) is 52.6 Å². The van der Waals surface area contributed by atoms with Gasteiger partial charge in [-0.15, -0.1) is 0 Å². The number of hydrogen-bond donors (Lipinski definition) is 0. The highest BCUT2D eigenvalue weighted by Gasteiger charge is 2.46. The molecule has 0 N–H and O–H groups in total. The number of nitrogens with zero attached hydrogens (tertiary/aromatic N) is 2. The number of rotatable bonds is 10. The highest BCUT2D eigenvalue weighted by molar-refractivity contribution is 4.84. The Morgan fingerprint density at radius 2 is 1.04 bits per heavy atom. The molecule has 0 saturated carbocycles. The highest BCUT2D eigenvalue weighted by Crippen LogP contribution is 2.28. The lowest BCUT2D eigenvalue weighted by Crippen LogP contribution is -2.51. The van der Waals surface area contributed by atoms with Crippen molar-refractivity contribution in [3.8, 4) is 0 Å². The van der Waals surface area contributed by atoms with Gasteiger partial charge in [0.2, 0.25) is 12.6 Å². The maximum atomic E-state index is 13.9. The minimum absolute atomic E-state index is 0.00637. The highest BCUT2D eigenvalue weighted by atomic mass is 19.3. The molecule has 2 heterocycles. The largest absolute Gasteiger partial charge is 0.400 e. The summed E-state index contributed by atoms with van der Waals surface area (Å²) in [6.45, 7) is -0.865. The van der Waals surface area contributed by atoms with Crippen molar-refractivity contribution in [2.75, 3.05) is 65.8 Å². The fourth-order valence-electron chi connectivity index (χ4n) is 2.63. The van der Waals surface area contributed by atoms with E-state index in [9.17, 15) is 26.3 Å². The van der Waals surface area contributed by atoms with Crippen molar-refractivity contribution in [2.24, 2.45) is 0 Å². The van der Waals surface area contributed by atoms with Gasteiger partial charge in [0.1, 0.15) is 0 Å². The monoisotopic (exact) mass is 422 g/mol. The Labute approximate surface area is 158 Å². The molecule has 0 aromatic heterocycles. The zero-order valence-electron chi connectivity index (χ0n) is 15.2. The van der Waals surface area contributed by atoms with Crippen molar-refractivity contribution in [1.82, 2.24) is 9.80 Å². The number of halogens is 6. The summed E-state index contributed by atoms with van der Waals surface area (Å²) in [5, 5.41) is 0. The maximum absolute atomic E-state index is 13.9. The number of alkyl halides is 6. The Hall–Kier alpha value is -0.920. The van der Waals surface area contributed by atoms with Gasteiger partial charge in [0.25, 0.3) is 0 Å². The molecule has 0 amide bonds. The Bertz CT molecular complexity index is 446. The van der Waals surface area contributed by atoms with Gasteiger partial charge in [-0.2, -0.15) is 17.6 Å². The molecule has 2 fully saturated rings. The lowest BCUT2D eigenvalue weighted by molar-refractivity contribution is -0.302. The van der Waals surface area contributed by atoms with Crippen LogP contribution in [-0.2, 0) is 18.9 Å². The van der Waals surface area contributed by atoms with E-state index in [4.69, 9.17) is 9.47 Å². The molecular formula is C16H24F6N2O4. The molecule has 2 saturated heterocycles. The van der Waals surface area contributed by atoms with E-state index in [1.54, 1.807) is 0 Å². The van der Waals surface area contributed by atoms with Crippen LogP contribution in [0.5, 0.6) is 0 Å². The van der Waals surface area contributed by atoms with E-state index in [2.05, 4.69) is 9.47 Å². The van der Waals surface area contributed by atoms with E-state index in [0.717, 1.165) is 22.0 Å². The quantitative estimate of drug-likeness (QED) is 0.305. The van der Waals surface area contributed by atoms with Crippen LogP contribution in [0.3, 0.4) is 0 Å². The van der Waals surface area contributed by atoms with Crippen molar-refractivity contribution in [3.63, 3.8) is 0 Å². The molecule has 2 aliphatic rings. The third-order valence-electron chi connectivity index (χ3n) is 4.20. The molecule has 0 radical (unpaired) electrons. The summed E-state index contributed by atoms with van der Waals surface area (Å²) in [5.41, 5.74) is 0. The zero-order chi connectivity index (χ0) is 20.6. The van der Waals surface area contributed by atoms with E-state index >= 15 is 0 Å². The third-order valence-corrected chi connectivity index (χ3v) is 4.20. The second-order valence-electron chi connectivity index (χ2n) is 6.19. The van der Waals surface area contributed by atoms with Gasteiger partial charge in [-0.25, -0.2) is 8.78 Å². The topological polar surface area (TPSA) is 43.4 Å². The van der Waals surface area contributed by atoms with Crippen LogP contribution >= 0.6 is 0 Å². The molecule has 0 spiro atoms. The molecule has 2 aliphatic heterocycles. The van der Waals surface area contributed by atoms with Crippen LogP contribution in [0, 0.1) is 0 Å². The SMILES string of the molecule is FC(N1CCOCC1)C(F)(F)OC/C=C\COC(F)(F)C(F)N1CCOCC1. The van der Waals surface area contributed by atoms with Crippen molar-refractivity contribution in [2.45, 2.75) is 24.8 Å². The second kappa shape index (κ2) is 10.7. The molecule has 2 unspecified atom stereocenters. The van der Waals surface area contributed by atoms with E-state index in [1.807, 2.05) is 0 Å². The maximum Gasteiger partial charge on any atom is 0.400 e. The van der Waals surface area contributed by atoms with Gasteiger partial charge in [0, 0.05) is 26.2 Å². The molecule has 0 aromatic rings. The molecule has 0 aliphatic carbocycles. The molecule has 2 rings (SSSR count). The van der Waals surface area contributed by atoms with Gasteiger partial charge in [-0.3, -0.25) is 9.80 Å². The summed E-state index contributed by atoms with van der Waals surface area (Å²) < 4.78 is 101. The van der Waals surface area contributed by atoms with Crippen LogP contribution < -0.4 is 0 Å². The fraction of sp³-hybridized carbons (Fsp3) is 0.875. The Balaban J connectivity index is 1.69. The average Bonchev–Trinajstić information content (AvgIpc) is 2.70. The van der Waals surface area contributed by atoms with Gasteiger partial charge in [-0.05, 0) is 0 Å². The van der Waals surface area contributed by atoms with Crippen LogP contribution in [0.4, 0.5) is 26.3 Å². The number of hydrogen-bond acceptors (Lipinski definition) is 6. The molecule has 0 bridgehead atoms. The smallest absolute Gasteiger partial charge is 0.379 e. The van der Waals surface area contributed by atoms with Gasteiger partial charge in [0.05, 0.1) is 39.6 Å². The third kappa shape index (κ3) is 6.85. The summed E-state index contributed by atoms with van der Waals surface area (Å²) in [7, 11) is 0. The molecule has 6 nitrogen and oxygen atoms in total. The van der Waals surface area contributed by atoms with E-state index in [1.165, 1.54) is 0 Å². The Morgan fingerprint density at radius 1 is 0.714 bits per heavy atom.